The second-order valence-electron chi connectivity index (χ2n) is 23.5. The SMILES string of the molecule is COc1c2cc(C)cc1-c1cc(C)cc(c1OC)C=N[C@@H]1CCCC[C@H]1N=Cc1cc(C)cc(c1OC)-c1cc(C)cc(c1OC)C=N[C@@H]1CCCC[C@H]1N=Cc1cc(C)cc(c1OC)-c1cc(C)cc(c1OC)C=N[C@@H]1CCCC[C@H]1N=C2. The van der Waals surface area contributed by atoms with E-state index in [9.17, 15) is 0 Å². The predicted octanol–water partition coefficient (Wildman–Crippen LogP) is 15.5. The van der Waals surface area contributed by atoms with Crippen molar-refractivity contribution in [3.8, 4) is 67.9 Å². The van der Waals surface area contributed by atoms with Crippen molar-refractivity contribution in [2.24, 2.45) is 30.0 Å². The smallest absolute Gasteiger partial charge is 0.135 e. The Morgan fingerprint density at radius 1 is 0.238 bits per heavy atom. The quantitative estimate of drug-likeness (QED) is 0.163. The van der Waals surface area contributed by atoms with Crippen molar-refractivity contribution in [2.45, 2.75) is 155 Å². The second kappa shape index (κ2) is 26.8. The van der Waals surface area contributed by atoms with Crippen molar-refractivity contribution in [1.82, 2.24) is 0 Å². The van der Waals surface area contributed by atoms with Crippen LogP contribution in [0.2, 0.25) is 0 Å². The summed E-state index contributed by atoms with van der Waals surface area (Å²) < 4.78 is 38.0. The van der Waals surface area contributed by atoms with E-state index in [1.54, 1.807) is 42.7 Å². The Morgan fingerprint density at radius 2 is 0.381 bits per heavy atom. The van der Waals surface area contributed by atoms with Gasteiger partial charge in [0.2, 0.25) is 0 Å². The topological polar surface area (TPSA) is 130 Å². The van der Waals surface area contributed by atoms with Crippen LogP contribution in [0.3, 0.4) is 0 Å². The minimum absolute atomic E-state index is 0.0253. The highest BCUT2D eigenvalue weighted by molar-refractivity contribution is 5.97. The highest BCUT2D eigenvalue weighted by atomic mass is 16.5. The van der Waals surface area contributed by atoms with E-state index in [0.29, 0.717) is 0 Å². The molecule has 12 nitrogen and oxygen atoms in total. The molecule has 0 N–H and O–H groups in total. The number of aryl methyl sites for hydroxylation is 6. The van der Waals surface area contributed by atoms with Crippen LogP contribution >= 0.6 is 0 Å². The van der Waals surface area contributed by atoms with Crippen LogP contribution in [-0.2, 0) is 0 Å². The van der Waals surface area contributed by atoms with E-state index in [1.165, 1.54) is 0 Å². The Labute approximate surface area is 498 Å². The molecule has 1 aliphatic heterocycles. The molecule has 6 atom stereocenters. The lowest BCUT2D eigenvalue weighted by Crippen LogP contribution is -2.27. The molecule has 6 aromatic carbocycles. The van der Waals surface area contributed by atoms with Crippen molar-refractivity contribution in [1.29, 1.82) is 0 Å². The lowest BCUT2D eigenvalue weighted by Gasteiger charge is -2.26. The molecule has 84 heavy (non-hydrogen) atoms. The molecule has 3 aliphatic carbocycles. The largest absolute Gasteiger partial charge is 0.495 e. The van der Waals surface area contributed by atoms with E-state index in [4.69, 9.17) is 58.4 Å². The van der Waals surface area contributed by atoms with Crippen molar-refractivity contribution in [3.63, 3.8) is 0 Å². The van der Waals surface area contributed by atoms with Gasteiger partial charge in [0, 0.05) is 104 Å². The molecule has 0 unspecified atom stereocenters. The van der Waals surface area contributed by atoms with Crippen molar-refractivity contribution in [3.05, 3.63) is 140 Å². The molecule has 12 heteroatoms. The molecule has 0 spiro atoms. The molecule has 438 valence electrons. The van der Waals surface area contributed by atoms with Crippen molar-refractivity contribution >= 4 is 37.3 Å². The lowest BCUT2D eigenvalue weighted by atomic mass is 9.90. The molecule has 1 heterocycles. The molecular formula is C72H84N6O6. The van der Waals surface area contributed by atoms with Gasteiger partial charge in [0.25, 0.3) is 0 Å². The molecule has 0 saturated heterocycles. The molecule has 4 aliphatic rings. The first kappa shape index (κ1) is 59.3. The average molecular weight is 1130 g/mol. The van der Waals surface area contributed by atoms with E-state index >= 15 is 0 Å². The number of hydrogen-bond donors (Lipinski definition) is 0. The number of aliphatic imine (C=N–C) groups is 6. The van der Waals surface area contributed by atoms with E-state index in [1.807, 2.05) is 37.3 Å². The van der Waals surface area contributed by atoms with E-state index < -0.39 is 0 Å². The summed E-state index contributed by atoms with van der Waals surface area (Å²) in [7, 11) is 10.4. The number of fused-ring (bicyclic) bond motifs is 18. The van der Waals surface area contributed by atoms with Crippen LogP contribution in [0.4, 0.5) is 0 Å². The number of hydrogen-bond acceptors (Lipinski definition) is 12. The fourth-order valence-corrected chi connectivity index (χ4v) is 13.3. The fraction of sp³-hybridized carbons (Fsp3) is 0.417. The maximum atomic E-state index is 6.34. The van der Waals surface area contributed by atoms with Gasteiger partial charge in [-0.25, -0.2) is 0 Å². The Hall–Kier alpha value is -7.86. The first-order chi connectivity index (χ1) is 40.8. The first-order valence-electron chi connectivity index (χ1n) is 30.1. The summed E-state index contributed by atoms with van der Waals surface area (Å²) in [5.41, 5.74) is 17.5. The third kappa shape index (κ3) is 12.9. The summed E-state index contributed by atoms with van der Waals surface area (Å²) in [6.07, 6.45) is 24.1. The van der Waals surface area contributed by atoms with E-state index in [2.05, 4.69) is 114 Å². The molecule has 6 aromatic rings. The number of nitrogens with zero attached hydrogens (tertiary/aromatic N) is 6. The number of benzene rings is 6. The normalized spacial score (nSPS) is 20.7. The summed E-state index contributed by atoms with van der Waals surface area (Å²) in [5.74, 6) is 4.41. The van der Waals surface area contributed by atoms with Gasteiger partial charge in [0.05, 0.1) is 78.9 Å². The summed E-state index contributed by atoms with van der Waals surface area (Å²) in [6.45, 7) is 12.7. The zero-order chi connectivity index (χ0) is 59.0. The molecular weight excluding hydrogens is 1040 g/mol. The van der Waals surface area contributed by atoms with Crippen molar-refractivity contribution < 1.29 is 28.4 Å². The van der Waals surface area contributed by atoms with Gasteiger partial charge in [-0.15, -0.1) is 0 Å². The Morgan fingerprint density at radius 3 is 0.512 bits per heavy atom. The Kier molecular flexibility index (Phi) is 18.9. The molecule has 3 saturated carbocycles. The van der Waals surface area contributed by atoms with Gasteiger partial charge in [-0.1, -0.05) is 38.5 Å². The van der Waals surface area contributed by atoms with Gasteiger partial charge >= 0.3 is 0 Å². The van der Waals surface area contributed by atoms with Gasteiger partial charge in [-0.3, -0.25) is 30.0 Å². The van der Waals surface area contributed by atoms with Gasteiger partial charge in [0.1, 0.15) is 34.5 Å². The Balaban J connectivity index is 1.12. The zero-order valence-corrected chi connectivity index (χ0v) is 51.5. The second-order valence-corrected chi connectivity index (χ2v) is 23.5. The maximum absolute atomic E-state index is 6.34. The van der Waals surface area contributed by atoms with Crippen LogP contribution < -0.4 is 28.4 Å². The van der Waals surface area contributed by atoms with Crippen LogP contribution in [0.25, 0.3) is 33.4 Å². The number of rotatable bonds is 6. The van der Waals surface area contributed by atoms with E-state index in [0.717, 1.165) is 212 Å². The standard InChI is InChI=1S/C72H84N6O6/c1-43-25-49-37-73-61-19-13-14-20-62(61)75-39-51-27-45(3)33-57(69(51)81-9)58-34-47(5)29-53(71(58)83-11)41-77-65-23-17-18-24-66(65)78-42-54-30-48(6)36-60(72(54)84-12)59-35-46(4)28-52(70(59)82-10)40-76-64-22-16-15-21-63(64)74-38-50-26-44(2)32-56(68(50)80-8)55(31-43)67(49)79-7/h25-42,61-66H,13-24H2,1-12H3/t61-,62-,63-,64-,65-,66-/m1/s1. The summed E-state index contributed by atoms with van der Waals surface area (Å²) in [5, 5.41) is 0. The number of ether oxygens (including phenoxy) is 6. The fourth-order valence-electron chi connectivity index (χ4n) is 13.3. The third-order valence-corrected chi connectivity index (χ3v) is 17.2. The molecule has 3 fully saturated rings. The third-order valence-electron chi connectivity index (χ3n) is 17.2. The molecule has 0 radical (unpaired) electrons. The summed E-state index contributed by atoms with van der Waals surface area (Å²) >= 11 is 0. The van der Waals surface area contributed by atoms with Gasteiger partial charge < -0.3 is 28.4 Å². The highest BCUT2D eigenvalue weighted by Gasteiger charge is 2.29. The van der Waals surface area contributed by atoms with Crippen LogP contribution in [0.15, 0.2) is 103 Å². The molecule has 10 rings (SSSR count). The van der Waals surface area contributed by atoms with E-state index in [-0.39, 0.29) is 36.3 Å². The zero-order valence-electron chi connectivity index (χ0n) is 51.5. The maximum Gasteiger partial charge on any atom is 0.135 e. The minimum Gasteiger partial charge on any atom is -0.495 e. The average Bonchev–Trinajstić information content (AvgIpc) is 3.69. The number of methoxy groups -OCH3 is 6. The van der Waals surface area contributed by atoms with Crippen LogP contribution in [0, 0.1) is 41.5 Å². The molecule has 0 aromatic heterocycles. The summed E-state index contributed by atoms with van der Waals surface area (Å²) in [4.78, 5) is 32.1. The van der Waals surface area contributed by atoms with Crippen LogP contribution in [0.1, 0.15) is 144 Å². The monoisotopic (exact) mass is 1130 g/mol. The van der Waals surface area contributed by atoms with Gasteiger partial charge in [0.15, 0.2) is 0 Å². The predicted molar refractivity (Wildman–Crippen MR) is 347 cm³/mol. The minimum atomic E-state index is -0.0253. The molecule has 12 bridgehead atoms. The molecule has 0 amide bonds. The van der Waals surface area contributed by atoms with Gasteiger partial charge in [-0.05, 0) is 186 Å². The Bertz CT molecular complexity index is 2970. The highest BCUT2D eigenvalue weighted by Crippen LogP contribution is 2.45. The van der Waals surface area contributed by atoms with Crippen LogP contribution in [0.5, 0.6) is 34.5 Å². The lowest BCUT2D eigenvalue weighted by molar-refractivity contribution is 0.389. The first-order valence-corrected chi connectivity index (χ1v) is 30.1. The van der Waals surface area contributed by atoms with Crippen LogP contribution in [-0.4, -0.2) is 116 Å². The summed E-state index contributed by atoms with van der Waals surface area (Å²) in [6, 6.07) is 25.8. The van der Waals surface area contributed by atoms with Gasteiger partial charge in [-0.2, -0.15) is 0 Å². The van der Waals surface area contributed by atoms with Crippen molar-refractivity contribution in [2.75, 3.05) is 42.7 Å².